The molecule has 102 valence electrons. The first kappa shape index (κ1) is 15.1. The van der Waals surface area contributed by atoms with Gasteiger partial charge in [-0.1, -0.05) is 0 Å². The number of carboxylic acids is 1. The van der Waals surface area contributed by atoms with Gasteiger partial charge in [-0.25, -0.2) is 9.78 Å². The van der Waals surface area contributed by atoms with E-state index >= 15 is 0 Å². The van der Waals surface area contributed by atoms with E-state index in [4.69, 9.17) is 9.84 Å². The zero-order chi connectivity index (χ0) is 13.4. The molecule has 0 aliphatic carbocycles. The van der Waals surface area contributed by atoms with Gasteiger partial charge in [0.05, 0.1) is 11.1 Å². The van der Waals surface area contributed by atoms with Crippen molar-refractivity contribution in [3.63, 3.8) is 0 Å². The van der Waals surface area contributed by atoms with Crippen molar-refractivity contribution in [1.29, 1.82) is 0 Å². The summed E-state index contributed by atoms with van der Waals surface area (Å²) in [6.45, 7) is 6.54. The van der Waals surface area contributed by atoms with Crippen LogP contribution in [0.25, 0.3) is 0 Å². The van der Waals surface area contributed by atoms with Gasteiger partial charge in [-0.15, -0.1) is 11.3 Å². The van der Waals surface area contributed by atoms with Gasteiger partial charge >= 0.3 is 5.97 Å². The first-order chi connectivity index (χ1) is 8.59. The molecule has 1 heterocycles. The molecule has 0 bridgehead atoms. The minimum atomic E-state index is -0.962. The summed E-state index contributed by atoms with van der Waals surface area (Å²) in [6.07, 6.45) is 2.04. The van der Waals surface area contributed by atoms with Gasteiger partial charge in [0.2, 0.25) is 0 Å². The molecule has 0 fully saturated rings. The first-order valence-electron chi connectivity index (χ1n) is 6.09. The van der Waals surface area contributed by atoms with E-state index in [1.54, 1.807) is 5.38 Å². The maximum atomic E-state index is 10.6. The van der Waals surface area contributed by atoms with Crippen LogP contribution in [0.2, 0.25) is 0 Å². The average molecular weight is 272 g/mol. The topological polar surface area (TPSA) is 71.5 Å². The summed E-state index contributed by atoms with van der Waals surface area (Å²) in [7, 11) is 0. The average Bonchev–Trinajstić information content (AvgIpc) is 2.76. The molecule has 0 atom stereocenters. The van der Waals surface area contributed by atoms with Crippen molar-refractivity contribution in [2.75, 3.05) is 19.7 Å². The Kier molecular flexibility index (Phi) is 6.85. The second-order valence-corrected chi connectivity index (χ2v) is 5.15. The van der Waals surface area contributed by atoms with Crippen molar-refractivity contribution >= 4 is 17.3 Å². The highest BCUT2D eigenvalue weighted by Gasteiger charge is 2.07. The number of carboxylic acid groups (broad SMARTS) is 1. The number of aromatic carboxylic acids is 1. The predicted octanol–water partition coefficient (Wildman–Crippen LogP) is 1.79. The van der Waals surface area contributed by atoms with Gasteiger partial charge < -0.3 is 15.2 Å². The van der Waals surface area contributed by atoms with Crippen LogP contribution in [0, 0.1) is 0 Å². The number of nitrogens with zero attached hydrogens (tertiary/aromatic N) is 1. The van der Waals surface area contributed by atoms with E-state index in [0.717, 1.165) is 37.5 Å². The standard InChI is InChI=1S/C12H20N2O3S/c1-9(2)17-7-3-5-13-6-4-11-14-10(8-18-11)12(15)16/h8-9,13H,3-7H2,1-2H3,(H,15,16). The fourth-order valence-corrected chi connectivity index (χ4v) is 2.13. The smallest absolute Gasteiger partial charge is 0.355 e. The van der Waals surface area contributed by atoms with Gasteiger partial charge in [0.25, 0.3) is 0 Å². The number of nitrogens with one attached hydrogen (secondary N) is 1. The lowest BCUT2D eigenvalue weighted by molar-refractivity contribution is 0.0690. The zero-order valence-corrected chi connectivity index (χ0v) is 11.6. The Morgan fingerprint density at radius 1 is 1.56 bits per heavy atom. The number of carbonyl (C=O) groups is 1. The first-order valence-corrected chi connectivity index (χ1v) is 6.97. The van der Waals surface area contributed by atoms with Crippen molar-refractivity contribution in [2.45, 2.75) is 32.8 Å². The van der Waals surface area contributed by atoms with Crippen LogP contribution in [0.3, 0.4) is 0 Å². The molecule has 0 radical (unpaired) electrons. The predicted molar refractivity (Wildman–Crippen MR) is 71.4 cm³/mol. The lowest BCUT2D eigenvalue weighted by atomic mass is 10.4. The third-order valence-electron chi connectivity index (χ3n) is 2.24. The number of aromatic nitrogens is 1. The molecule has 0 aliphatic heterocycles. The molecule has 0 unspecified atom stereocenters. The summed E-state index contributed by atoms with van der Waals surface area (Å²) in [4.78, 5) is 14.7. The molecule has 0 spiro atoms. The maximum absolute atomic E-state index is 10.6. The van der Waals surface area contributed by atoms with E-state index in [2.05, 4.69) is 10.3 Å². The maximum Gasteiger partial charge on any atom is 0.355 e. The normalized spacial score (nSPS) is 11.1. The number of thiazole rings is 1. The molecule has 0 amide bonds. The Morgan fingerprint density at radius 2 is 2.33 bits per heavy atom. The Labute approximate surface area is 111 Å². The highest BCUT2D eigenvalue weighted by Crippen LogP contribution is 2.09. The van der Waals surface area contributed by atoms with Crippen LogP contribution >= 0.6 is 11.3 Å². The van der Waals surface area contributed by atoms with Gasteiger partial charge in [0.1, 0.15) is 0 Å². The van der Waals surface area contributed by atoms with E-state index in [1.807, 2.05) is 13.8 Å². The van der Waals surface area contributed by atoms with Crippen molar-refractivity contribution in [1.82, 2.24) is 10.3 Å². The van der Waals surface area contributed by atoms with Crippen LogP contribution in [0.5, 0.6) is 0 Å². The SMILES string of the molecule is CC(C)OCCCNCCc1nc(C(=O)O)cs1. The number of rotatable bonds is 9. The van der Waals surface area contributed by atoms with Gasteiger partial charge in [-0.2, -0.15) is 0 Å². The summed E-state index contributed by atoms with van der Waals surface area (Å²) in [6, 6.07) is 0. The third kappa shape index (κ3) is 6.09. The Bertz CT molecular complexity index is 366. The summed E-state index contributed by atoms with van der Waals surface area (Å²) >= 11 is 1.39. The largest absolute Gasteiger partial charge is 0.476 e. The molecule has 1 rings (SSSR count). The van der Waals surface area contributed by atoms with Crippen LogP contribution < -0.4 is 5.32 Å². The molecule has 1 aromatic heterocycles. The van der Waals surface area contributed by atoms with Gasteiger partial charge in [0, 0.05) is 25.0 Å². The van der Waals surface area contributed by atoms with E-state index in [1.165, 1.54) is 11.3 Å². The van der Waals surface area contributed by atoms with E-state index in [0.29, 0.717) is 0 Å². The van der Waals surface area contributed by atoms with E-state index < -0.39 is 5.97 Å². The number of hydrogen-bond acceptors (Lipinski definition) is 5. The zero-order valence-electron chi connectivity index (χ0n) is 10.8. The summed E-state index contributed by atoms with van der Waals surface area (Å²) < 4.78 is 5.42. The van der Waals surface area contributed by atoms with Crippen molar-refractivity contribution in [3.8, 4) is 0 Å². The molecule has 0 saturated carbocycles. The molecule has 18 heavy (non-hydrogen) atoms. The molecule has 2 N–H and O–H groups in total. The molecular formula is C12H20N2O3S. The molecule has 6 heteroatoms. The monoisotopic (exact) mass is 272 g/mol. The molecule has 0 aliphatic rings. The lowest BCUT2D eigenvalue weighted by Crippen LogP contribution is -2.20. The number of ether oxygens (including phenoxy) is 1. The summed E-state index contributed by atoms with van der Waals surface area (Å²) in [5.74, 6) is -0.962. The molecule has 0 saturated heterocycles. The van der Waals surface area contributed by atoms with Crippen LogP contribution in [0.4, 0.5) is 0 Å². The van der Waals surface area contributed by atoms with Gasteiger partial charge in [-0.05, 0) is 26.8 Å². The summed E-state index contributed by atoms with van der Waals surface area (Å²) in [5, 5.41) is 14.4. The van der Waals surface area contributed by atoms with Crippen LogP contribution in [-0.2, 0) is 11.2 Å². The molecule has 5 nitrogen and oxygen atoms in total. The second-order valence-electron chi connectivity index (χ2n) is 4.20. The lowest BCUT2D eigenvalue weighted by Gasteiger charge is -2.07. The Balaban J connectivity index is 2.05. The van der Waals surface area contributed by atoms with Gasteiger partial charge in [0.15, 0.2) is 5.69 Å². The van der Waals surface area contributed by atoms with E-state index in [9.17, 15) is 4.79 Å². The minimum Gasteiger partial charge on any atom is -0.476 e. The number of hydrogen-bond donors (Lipinski definition) is 2. The van der Waals surface area contributed by atoms with Crippen molar-refractivity contribution in [2.24, 2.45) is 0 Å². The highest BCUT2D eigenvalue weighted by atomic mass is 32.1. The highest BCUT2D eigenvalue weighted by molar-refractivity contribution is 7.09. The Hall–Kier alpha value is -0.980. The Morgan fingerprint density at radius 3 is 2.94 bits per heavy atom. The fourth-order valence-electron chi connectivity index (χ4n) is 1.36. The van der Waals surface area contributed by atoms with Gasteiger partial charge in [-0.3, -0.25) is 0 Å². The van der Waals surface area contributed by atoms with Crippen molar-refractivity contribution in [3.05, 3.63) is 16.1 Å². The summed E-state index contributed by atoms with van der Waals surface area (Å²) in [5.41, 5.74) is 0.139. The van der Waals surface area contributed by atoms with Crippen LogP contribution in [-0.4, -0.2) is 41.9 Å². The molecule has 0 aromatic carbocycles. The fraction of sp³-hybridized carbons (Fsp3) is 0.667. The van der Waals surface area contributed by atoms with Crippen LogP contribution in [0.15, 0.2) is 5.38 Å². The second kappa shape index (κ2) is 8.18. The molecular weight excluding hydrogens is 252 g/mol. The third-order valence-corrected chi connectivity index (χ3v) is 3.14. The molecule has 1 aromatic rings. The van der Waals surface area contributed by atoms with Crippen molar-refractivity contribution < 1.29 is 14.6 Å². The van der Waals surface area contributed by atoms with Crippen LogP contribution in [0.1, 0.15) is 35.8 Å². The quantitative estimate of drug-likeness (QED) is 0.671. The van der Waals surface area contributed by atoms with E-state index in [-0.39, 0.29) is 11.8 Å². The minimum absolute atomic E-state index is 0.139.